The molecule has 4 aromatic rings. The highest BCUT2D eigenvalue weighted by Crippen LogP contribution is 2.33. The quantitative estimate of drug-likeness (QED) is 0.514. The first-order valence-electron chi connectivity index (χ1n) is 9.24. The summed E-state index contributed by atoms with van der Waals surface area (Å²) in [6.07, 6.45) is -0.150. The van der Waals surface area contributed by atoms with Gasteiger partial charge in [-0.25, -0.2) is 14.3 Å². The van der Waals surface area contributed by atoms with Crippen molar-refractivity contribution in [1.29, 1.82) is 0 Å². The first-order valence-corrected chi connectivity index (χ1v) is 10.1. The van der Waals surface area contributed by atoms with Crippen molar-refractivity contribution in [3.63, 3.8) is 0 Å². The number of carbonyl (C=O) groups is 2. The molecule has 0 aliphatic carbocycles. The van der Waals surface area contributed by atoms with Crippen LogP contribution >= 0.6 is 11.3 Å². The third kappa shape index (κ3) is 2.78. The number of amides is 2. The molecule has 150 valence electrons. The predicted molar refractivity (Wildman–Crippen MR) is 111 cm³/mol. The van der Waals surface area contributed by atoms with E-state index in [1.165, 1.54) is 34.2 Å². The normalized spacial score (nSPS) is 16.7. The first-order chi connectivity index (χ1) is 14.4. The van der Waals surface area contributed by atoms with Crippen molar-refractivity contribution in [2.24, 2.45) is 0 Å². The smallest absolute Gasteiger partial charge is 0.277 e. The molecule has 0 saturated carbocycles. The minimum atomic E-state index is -0.930. The minimum absolute atomic E-state index is 0.150. The molecular formula is C21H15FN4O3S. The first kappa shape index (κ1) is 18.4. The van der Waals surface area contributed by atoms with Crippen molar-refractivity contribution in [2.45, 2.75) is 19.3 Å². The molecule has 1 unspecified atom stereocenters. The van der Waals surface area contributed by atoms with Gasteiger partial charge in [-0.05, 0) is 37.3 Å². The average Bonchev–Trinajstić information content (AvgIpc) is 3.35. The summed E-state index contributed by atoms with van der Waals surface area (Å²) in [5.41, 5.74) is 1.23. The average molecular weight is 422 g/mol. The number of fused-ring (bicyclic) bond motifs is 1. The summed E-state index contributed by atoms with van der Waals surface area (Å²) < 4.78 is 15.8. The van der Waals surface area contributed by atoms with Gasteiger partial charge in [-0.3, -0.25) is 19.5 Å². The third-order valence-corrected chi connectivity index (χ3v) is 6.17. The fourth-order valence-corrected chi connectivity index (χ4v) is 4.73. The Kier molecular flexibility index (Phi) is 4.14. The number of aromatic amines is 1. The monoisotopic (exact) mass is 422 g/mol. The highest BCUT2D eigenvalue weighted by atomic mass is 32.1. The Morgan fingerprint density at radius 1 is 1.13 bits per heavy atom. The Morgan fingerprint density at radius 3 is 2.70 bits per heavy atom. The van der Waals surface area contributed by atoms with Crippen LogP contribution in [0.15, 0.2) is 53.3 Å². The van der Waals surface area contributed by atoms with Crippen LogP contribution in [0.5, 0.6) is 0 Å². The van der Waals surface area contributed by atoms with E-state index in [1.807, 2.05) is 24.3 Å². The van der Waals surface area contributed by atoms with Gasteiger partial charge in [0.15, 0.2) is 0 Å². The zero-order chi connectivity index (χ0) is 21.0. The molecule has 1 aliphatic rings. The molecule has 2 aromatic heterocycles. The number of rotatable bonds is 3. The number of anilines is 1. The number of para-hydroxylation sites is 1. The SMILES string of the molecule is Cc1[nH]n(-c2nc3ccccc3s2)c(=O)c1C1CC(=O)N(c2cccc(F)c2)C1=O. The van der Waals surface area contributed by atoms with E-state index in [-0.39, 0.29) is 17.7 Å². The largest absolute Gasteiger partial charge is 0.293 e. The Morgan fingerprint density at radius 2 is 1.93 bits per heavy atom. The second-order valence-electron chi connectivity index (χ2n) is 7.06. The summed E-state index contributed by atoms with van der Waals surface area (Å²) >= 11 is 1.35. The van der Waals surface area contributed by atoms with E-state index in [0.717, 1.165) is 21.2 Å². The second-order valence-corrected chi connectivity index (χ2v) is 8.07. The number of hydrogen-bond donors (Lipinski definition) is 1. The predicted octanol–water partition coefficient (Wildman–Crippen LogP) is 3.27. The number of aryl methyl sites for hydroxylation is 1. The maximum absolute atomic E-state index is 13.6. The van der Waals surface area contributed by atoms with Crippen molar-refractivity contribution in [3.05, 3.63) is 76.0 Å². The van der Waals surface area contributed by atoms with Gasteiger partial charge in [0.1, 0.15) is 5.82 Å². The molecular weight excluding hydrogens is 407 g/mol. The lowest BCUT2D eigenvalue weighted by atomic mass is 9.98. The van der Waals surface area contributed by atoms with Gasteiger partial charge in [0.25, 0.3) is 5.56 Å². The van der Waals surface area contributed by atoms with Crippen LogP contribution in [0.25, 0.3) is 15.3 Å². The Hall–Kier alpha value is -3.59. The Labute approximate surface area is 173 Å². The van der Waals surface area contributed by atoms with Crippen LogP contribution in [0.4, 0.5) is 10.1 Å². The van der Waals surface area contributed by atoms with Crippen LogP contribution < -0.4 is 10.5 Å². The van der Waals surface area contributed by atoms with E-state index in [9.17, 15) is 18.8 Å². The lowest BCUT2D eigenvalue weighted by Gasteiger charge is -2.14. The Balaban J connectivity index is 1.56. The molecule has 0 radical (unpaired) electrons. The van der Waals surface area contributed by atoms with Crippen molar-refractivity contribution in [3.8, 4) is 5.13 Å². The van der Waals surface area contributed by atoms with E-state index in [4.69, 9.17) is 0 Å². The van der Waals surface area contributed by atoms with Gasteiger partial charge >= 0.3 is 0 Å². The second kappa shape index (κ2) is 6.74. The van der Waals surface area contributed by atoms with Gasteiger partial charge in [-0.1, -0.05) is 29.5 Å². The lowest BCUT2D eigenvalue weighted by molar-refractivity contribution is -0.121. The number of aromatic nitrogens is 3. The molecule has 1 N–H and O–H groups in total. The molecule has 1 atom stereocenters. The topological polar surface area (TPSA) is 88.1 Å². The van der Waals surface area contributed by atoms with E-state index < -0.39 is 29.1 Å². The number of nitrogens with zero attached hydrogens (tertiary/aromatic N) is 3. The van der Waals surface area contributed by atoms with Gasteiger partial charge in [-0.2, -0.15) is 4.68 Å². The standard InChI is InChI=1S/C21H15FN4O3S/c1-11-18(14-10-17(27)25(19(14)28)13-6-4-5-12(22)9-13)20(29)26(24-11)21-23-15-7-2-3-8-16(15)30-21/h2-9,14,24H,10H2,1H3. The number of hydrogen-bond acceptors (Lipinski definition) is 5. The summed E-state index contributed by atoms with van der Waals surface area (Å²) in [7, 11) is 0. The van der Waals surface area contributed by atoms with Crippen LogP contribution in [0.1, 0.15) is 23.6 Å². The number of benzene rings is 2. The number of thiazole rings is 1. The molecule has 0 spiro atoms. The molecule has 5 rings (SSSR count). The molecule has 30 heavy (non-hydrogen) atoms. The fraction of sp³-hybridized carbons (Fsp3) is 0.143. The number of carbonyl (C=O) groups excluding carboxylic acids is 2. The molecule has 1 saturated heterocycles. The van der Waals surface area contributed by atoms with Crippen LogP contribution in [0.2, 0.25) is 0 Å². The Bertz CT molecular complexity index is 1350. The maximum Gasteiger partial charge on any atom is 0.277 e. The molecule has 1 fully saturated rings. The fourth-order valence-electron chi connectivity index (χ4n) is 3.80. The van der Waals surface area contributed by atoms with Crippen molar-refractivity contribution in [2.75, 3.05) is 4.90 Å². The van der Waals surface area contributed by atoms with Crippen LogP contribution in [0, 0.1) is 12.7 Å². The molecule has 0 bridgehead atoms. The number of imide groups is 1. The molecule has 2 aromatic carbocycles. The highest BCUT2D eigenvalue weighted by molar-refractivity contribution is 7.20. The van der Waals surface area contributed by atoms with E-state index in [0.29, 0.717) is 10.8 Å². The van der Waals surface area contributed by atoms with Crippen molar-refractivity contribution in [1.82, 2.24) is 14.8 Å². The molecule has 9 heteroatoms. The summed E-state index contributed by atoms with van der Waals surface area (Å²) in [5.74, 6) is -2.49. The van der Waals surface area contributed by atoms with Gasteiger partial charge in [-0.15, -0.1) is 0 Å². The molecule has 7 nitrogen and oxygen atoms in total. The van der Waals surface area contributed by atoms with Gasteiger partial charge in [0.05, 0.1) is 27.4 Å². The van der Waals surface area contributed by atoms with Gasteiger partial charge in [0, 0.05) is 12.1 Å². The number of nitrogens with one attached hydrogen (secondary N) is 1. The van der Waals surface area contributed by atoms with Crippen molar-refractivity contribution >= 4 is 39.1 Å². The zero-order valence-electron chi connectivity index (χ0n) is 15.8. The minimum Gasteiger partial charge on any atom is -0.293 e. The van der Waals surface area contributed by atoms with Crippen LogP contribution in [-0.2, 0) is 9.59 Å². The number of H-pyrrole nitrogens is 1. The zero-order valence-corrected chi connectivity index (χ0v) is 16.6. The summed E-state index contributed by atoms with van der Waals surface area (Å²) in [5, 5.41) is 3.43. The highest BCUT2D eigenvalue weighted by Gasteiger charge is 2.43. The van der Waals surface area contributed by atoms with E-state index in [2.05, 4.69) is 10.1 Å². The van der Waals surface area contributed by atoms with Crippen LogP contribution in [0.3, 0.4) is 0 Å². The third-order valence-electron chi connectivity index (χ3n) is 5.15. The summed E-state index contributed by atoms with van der Waals surface area (Å²) in [6, 6.07) is 12.8. The lowest BCUT2D eigenvalue weighted by Crippen LogP contribution is -2.31. The van der Waals surface area contributed by atoms with Crippen LogP contribution in [-0.4, -0.2) is 26.6 Å². The van der Waals surface area contributed by atoms with E-state index in [1.54, 1.807) is 6.92 Å². The summed E-state index contributed by atoms with van der Waals surface area (Å²) in [6.45, 7) is 1.68. The number of halogens is 1. The maximum atomic E-state index is 13.6. The van der Waals surface area contributed by atoms with E-state index >= 15 is 0 Å². The molecule has 2 amide bonds. The molecule has 3 heterocycles. The summed E-state index contributed by atoms with van der Waals surface area (Å²) in [4.78, 5) is 44.2. The molecule has 1 aliphatic heterocycles. The van der Waals surface area contributed by atoms with Gasteiger partial charge < -0.3 is 0 Å². The van der Waals surface area contributed by atoms with Crippen molar-refractivity contribution < 1.29 is 14.0 Å². The van der Waals surface area contributed by atoms with Gasteiger partial charge in [0.2, 0.25) is 16.9 Å².